The third kappa shape index (κ3) is 2.19. The molecule has 0 aliphatic heterocycles. The number of aromatic nitrogens is 3. The van der Waals surface area contributed by atoms with Crippen LogP contribution in [0.1, 0.15) is 50.2 Å². The van der Waals surface area contributed by atoms with Gasteiger partial charge in [-0.1, -0.05) is 13.3 Å². The maximum absolute atomic E-state index is 5.63. The summed E-state index contributed by atoms with van der Waals surface area (Å²) in [5.41, 5.74) is 5.63. The molecule has 0 bridgehead atoms. The number of unbranched alkanes of at least 4 members (excludes halogenated alkanes) is 1. The van der Waals surface area contributed by atoms with Gasteiger partial charge >= 0.3 is 0 Å². The molecule has 0 saturated heterocycles. The SMILES string of the molecule is CCCCc1nc(N)nc(C2CC2)n1. The van der Waals surface area contributed by atoms with E-state index in [1.54, 1.807) is 0 Å². The van der Waals surface area contributed by atoms with Gasteiger partial charge in [0.15, 0.2) is 0 Å². The van der Waals surface area contributed by atoms with Crippen LogP contribution >= 0.6 is 0 Å². The Kier molecular flexibility index (Phi) is 2.61. The summed E-state index contributed by atoms with van der Waals surface area (Å²) in [6, 6.07) is 0. The molecule has 1 aromatic heterocycles. The van der Waals surface area contributed by atoms with Gasteiger partial charge in [-0.25, -0.2) is 4.98 Å². The molecule has 0 spiro atoms. The van der Waals surface area contributed by atoms with Crippen LogP contribution in [0.2, 0.25) is 0 Å². The Hall–Kier alpha value is -1.19. The molecule has 1 aliphatic rings. The van der Waals surface area contributed by atoms with Crippen molar-refractivity contribution in [3.05, 3.63) is 11.6 Å². The van der Waals surface area contributed by atoms with Gasteiger partial charge in [0.25, 0.3) is 0 Å². The summed E-state index contributed by atoms with van der Waals surface area (Å²) in [5, 5.41) is 0. The summed E-state index contributed by atoms with van der Waals surface area (Å²) < 4.78 is 0. The minimum atomic E-state index is 0.382. The summed E-state index contributed by atoms with van der Waals surface area (Å²) in [5.74, 6) is 2.71. The smallest absolute Gasteiger partial charge is 0.223 e. The van der Waals surface area contributed by atoms with Crippen LogP contribution in [-0.4, -0.2) is 15.0 Å². The monoisotopic (exact) mass is 192 g/mol. The number of anilines is 1. The van der Waals surface area contributed by atoms with Gasteiger partial charge in [-0.05, 0) is 19.3 Å². The second kappa shape index (κ2) is 3.90. The van der Waals surface area contributed by atoms with E-state index in [0.29, 0.717) is 11.9 Å². The molecule has 2 N–H and O–H groups in total. The van der Waals surface area contributed by atoms with E-state index in [1.807, 2.05) is 0 Å². The first-order valence-electron chi connectivity index (χ1n) is 5.30. The van der Waals surface area contributed by atoms with Crippen molar-refractivity contribution in [3.63, 3.8) is 0 Å². The fraction of sp³-hybridized carbons (Fsp3) is 0.700. The third-order valence-corrected chi connectivity index (χ3v) is 2.41. The molecule has 1 heterocycles. The fourth-order valence-corrected chi connectivity index (χ4v) is 1.43. The zero-order valence-corrected chi connectivity index (χ0v) is 8.53. The largest absolute Gasteiger partial charge is 0.368 e. The number of hydrogen-bond acceptors (Lipinski definition) is 4. The van der Waals surface area contributed by atoms with Crippen molar-refractivity contribution in [2.75, 3.05) is 5.73 Å². The quantitative estimate of drug-likeness (QED) is 0.788. The summed E-state index contributed by atoms with van der Waals surface area (Å²) in [6.07, 6.45) is 5.61. The topological polar surface area (TPSA) is 64.7 Å². The maximum Gasteiger partial charge on any atom is 0.223 e. The van der Waals surface area contributed by atoms with Crippen LogP contribution in [0.3, 0.4) is 0 Å². The zero-order chi connectivity index (χ0) is 9.97. The van der Waals surface area contributed by atoms with Crippen LogP contribution in [0.4, 0.5) is 5.95 Å². The molecule has 0 amide bonds. The van der Waals surface area contributed by atoms with Crippen molar-refractivity contribution in [1.82, 2.24) is 15.0 Å². The van der Waals surface area contributed by atoms with E-state index in [1.165, 1.54) is 12.8 Å². The van der Waals surface area contributed by atoms with E-state index in [0.717, 1.165) is 30.9 Å². The highest BCUT2D eigenvalue weighted by atomic mass is 15.1. The molecule has 1 aliphatic carbocycles. The number of nitrogens with two attached hydrogens (primary N) is 1. The lowest BCUT2D eigenvalue weighted by atomic mass is 10.2. The Morgan fingerprint density at radius 2 is 2.07 bits per heavy atom. The van der Waals surface area contributed by atoms with Crippen molar-refractivity contribution in [2.24, 2.45) is 0 Å². The van der Waals surface area contributed by atoms with Gasteiger partial charge in [0.1, 0.15) is 11.6 Å². The predicted octanol–water partition coefficient (Wildman–Crippen LogP) is 1.67. The fourth-order valence-electron chi connectivity index (χ4n) is 1.43. The lowest BCUT2D eigenvalue weighted by Gasteiger charge is -2.02. The van der Waals surface area contributed by atoms with Crippen LogP contribution in [-0.2, 0) is 6.42 Å². The summed E-state index contributed by atoms with van der Waals surface area (Å²) in [7, 11) is 0. The number of nitrogen functional groups attached to an aromatic ring is 1. The minimum absolute atomic E-state index is 0.382. The second-order valence-corrected chi connectivity index (χ2v) is 3.85. The molecule has 76 valence electrons. The van der Waals surface area contributed by atoms with Gasteiger partial charge in [0.05, 0.1) is 0 Å². The molecule has 0 radical (unpaired) electrons. The molecule has 4 heteroatoms. The van der Waals surface area contributed by atoms with Crippen LogP contribution in [0.15, 0.2) is 0 Å². The molecule has 14 heavy (non-hydrogen) atoms. The van der Waals surface area contributed by atoms with E-state index >= 15 is 0 Å². The lowest BCUT2D eigenvalue weighted by Crippen LogP contribution is -2.06. The van der Waals surface area contributed by atoms with Gasteiger partial charge in [-0.3, -0.25) is 0 Å². The molecule has 0 aromatic carbocycles. The molecule has 1 saturated carbocycles. The molecule has 1 fully saturated rings. The molecule has 0 atom stereocenters. The van der Waals surface area contributed by atoms with E-state index in [-0.39, 0.29) is 0 Å². The van der Waals surface area contributed by atoms with Crippen molar-refractivity contribution < 1.29 is 0 Å². The second-order valence-electron chi connectivity index (χ2n) is 3.85. The predicted molar refractivity (Wildman–Crippen MR) is 54.8 cm³/mol. The number of hydrogen-bond donors (Lipinski definition) is 1. The van der Waals surface area contributed by atoms with Crippen LogP contribution in [0.25, 0.3) is 0 Å². The number of aryl methyl sites for hydroxylation is 1. The Labute approximate surface area is 84.0 Å². The van der Waals surface area contributed by atoms with Gasteiger partial charge in [-0.15, -0.1) is 0 Å². The highest BCUT2D eigenvalue weighted by molar-refractivity contribution is 5.19. The van der Waals surface area contributed by atoms with Gasteiger partial charge in [0.2, 0.25) is 5.95 Å². The lowest BCUT2D eigenvalue weighted by molar-refractivity contribution is 0.730. The Morgan fingerprint density at radius 1 is 1.29 bits per heavy atom. The van der Waals surface area contributed by atoms with E-state index in [4.69, 9.17) is 5.73 Å². The molecular formula is C10H16N4. The first kappa shape index (κ1) is 9.37. The van der Waals surface area contributed by atoms with Gasteiger partial charge in [0, 0.05) is 12.3 Å². The van der Waals surface area contributed by atoms with Gasteiger partial charge < -0.3 is 5.73 Å². The van der Waals surface area contributed by atoms with Crippen molar-refractivity contribution in [3.8, 4) is 0 Å². The molecule has 4 nitrogen and oxygen atoms in total. The van der Waals surface area contributed by atoms with E-state index < -0.39 is 0 Å². The Bertz CT molecular complexity index is 320. The van der Waals surface area contributed by atoms with Crippen molar-refractivity contribution in [2.45, 2.75) is 44.9 Å². The third-order valence-electron chi connectivity index (χ3n) is 2.41. The minimum Gasteiger partial charge on any atom is -0.368 e. The molecule has 1 aromatic rings. The van der Waals surface area contributed by atoms with Gasteiger partial charge in [-0.2, -0.15) is 9.97 Å². The normalized spacial score (nSPS) is 15.8. The van der Waals surface area contributed by atoms with Crippen LogP contribution < -0.4 is 5.73 Å². The van der Waals surface area contributed by atoms with Crippen LogP contribution in [0.5, 0.6) is 0 Å². The summed E-state index contributed by atoms with van der Waals surface area (Å²) in [4.78, 5) is 12.7. The maximum atomic E-state index is 5.63. The van der Waals surface area contributed by atoms with E-state index in [9.17, 15) is 0 Å². The number of nitrogens with zero attached hydrogens (tertiary/aromatic N) is 3. The highest BCUT2D eigenvalue weighted by Gasteiger charge is 2.27. The van der Waals surface area contributed by atoms with E-state index in [2.05, 4.69) is 21.9 Å². The summed E-state index contributed by atoms with van der Waals surface area (Å²) in [6.45, 7) is 2.16. The Morgan fingerprint density at radius 3 is 2.71 bits per heavy atom. The first-order valence-corrected chi connectivity index (χ1v) is 5.30. The summed E-state index contributed by atoms with van der Waals surface area (Å²) >= 11 is 0. The Balaban J connectivity index is 2.13. The molecular weight excluding hydrogens is 176 g/mol. The first-order chi connectivity index (χ1) is 6.79. The van der Waals surface area contributed by atoms with Crippen molar-refractivity contribution in [1.29, 1.82) is 0 Å². The van der Waals surface area contributed by atoms with Crippen LogP contribution in [0, 0.1) is 0 Å². The number of rotatable bonds is 4. The molecule has 2 rings (SSSR count). The standard InChI is InChI=1S/C10H16N4/c1-2-3-4-8-12-9(7-5-6-7)14-10(11)13-8/h7H,2-6H2,1H3,(H2,11,12,13,14). The average Bonchev–Trinajstić information content (AvgIpc) is 2.97. The molecule has 0 unspecified atom stereocenters. The highest BCUT2D eigenvalue weighted by Crippen LogP contribution is 2.37. The zero-order valence-electron chi connectivity index (χ0n) is 8.53. The average molecular weight is 192 g/mol. The van der Waals surface area contributed by atoms with Crippen molar-refractivity contribution >= 4 is 5.95 Å².